The van der Waals surface area contributed by atoms with E-state index in [1.165, 1.54) is 18.2 Å². The van der Waals surface area contributed by atoms with Crippen molar-refractivity contribution in [2.75, 3.05) is 40.4 Å². The fourth-order valence-corrected chi connectivity index (χ4v) is 3.44. The maximum atomic E-state index is 13.2. The molecule has 6 nitrogen and oxygen atoms in total. The first kappa shape index (κ1) is 21.6. The number of hydrogen-bond acceptors (Lipinski definition) is 4. The summed E-state index contributed by atoms with van der Waals surface area (Å²) in [5.41, 5.74) is 1.06. The molecule has 1 aliphatic rings. The second kappa shape index (κ2) is 9.63. The van der Waals surface area contributed by atoms with E-state index in [-0.39, 0.29) is 22.4 Å². The number of nitrogens with zero attached hydrogens (tertiary/aromatic N) is 2. The van der Waals surface area contributed by atoms with Gasteiger partial charge in [0.05, 0.1) is 24.8 Å². The van der Waals surface area contributed by atoms with Crippen LogP contribution in [0.5, 0.6) is 11.5 Å². The molecule has 1 aliphatic heterocycles. The lowest BCUT2D eigenvalue weighted by Gasteiger charge is -2.34. The summed E-state index contributed by atoms with van der Waals surface area (Å²) < 4.78 is 23.7. The fraction of sp³-hybridized carbons (Fsp3) is 0.273. The smallest absolute Gasteiger partial charge is 0.255 e. The van der Waals surface area contributed by atoms with Gasteiger partial charge in [-0.1, -0.05) is 17.7 Å². The van der Waals surface area contributed by atoms with Gasteiger partial charge in [-0.3, -0.25) is 9.59 Å². The van der Waals surface area contributed by atoms with Crippen molar-refractivity contribution >= 4 is 29.5 Å². The zero-order valence-corrected chi connectivity index (χ0v) is 17.5. The molecule has 0 unspecified atom stereocenters. The summed E-state index contributed by atoms with van der Waals surface area (Å²) in [6.07, 6.45) is 3.20. The normalized spacial score (nSPS) is 14.1. The summed E-state index contributed by atoms with van der Waals surface area (Å²) in [6.45, 7) is 1.56. The Morgan fingerprint density at radius 2 is 1.63 bits per heavy atom. The Balaban J connectivity index is 1.59. The topological polar surface area (TPSA) is 59.1 Å². The van der Waals surface area contributed by atoms with Crippen LogP contribution in [0.4, 0.5) is 4.39 Å². The number of hydrogen-bond donors (Lipinski definition) is 0. The molecule has 158 valence electrons. The molecule has 0 atom stereocenters. The molecule has 0 aliphatic carbocycles. The Labute approximate surface area is 179 Å². The molecule has 0 N–H and O–H groups in total. The van der Waals surface area contributed by atoms with Gasteiger partial charge < -0.3 is 19.3 Å². The van der Waals surface area contributed by atoms with E-state index in [1.807, 2.05) is 6.07 Å². The minimum absolute atomic E-state index is 0.0800. The van der Waals surface area contributed by atoms with Crippen LogP contribution in [0.25, 0.3) is 6.08 Å². The molecule has 8 heteroatoms. The van der Waals surface area contributed by atoms with Crippen LogP contribution in [-0.4, -0.2) is 62.0 Å². The Hall–Kier alpha value is -3.06. The van der Waals surface area contributed by atoms with Gasteiger partial charge in [0.1, 0.15) is 5.82 Å². The highest BCUT2D eigenvalue weighted by Crippen LogP contribution is 2.28. The number of halogens is 2. The van der Waals surface area contributed by atoms with E-state index in [4.69, 9.17) is 21.1 Å². The van der Waals surface area contributed by atoms with E-state index in [1.54, 1.807) is 42.2 Å². The van der Waals surface area contributed by atoms with Crippen LogP contribution < -0.4 is 9.47 Å². The van der Waals surface area contributed by atoms with Gasteiger partial charge in [-0.05, 0) is 42.0 Å². The number of carbonyl (C=O) groups excluding carboxylic acids is 2. The van der Waals surface area contributed by atoms with Crippen molar-refractivity contribution in [3.63, 3.8) is 0 Å². The second-order valence-electron chi connectivity index (χ2n) is 6.69. The summed E-state index contributed by atoms with van der Waals surface area (Å²) in [5.74, 6) is 0.291. The quantitative estimate of drug-likeness (QED) is 0.678. The molecule has 2 aromatic carbocycles. The average Bonchev–Trinajstić information content (AvgIpc) is 2.77. The van der Waals surface area contributed by atoms with Gasteiger partial charge in [0.2, 0.25) is 5.91 Å². The van der Waals surface area contributed by atoms with E-state index in [0.29, 0.717) is 37.7 Å². The summed E-state index contributed by atoms with van der Waals surface area (Å²) in [5, 5.41) is 0.0800. The maximum absolute atomic E-state index is 13.2. The Kier molecular flexibility index (Phi) is 6.95. The van der Waals surface area contributed by atoms with E-state index in [2.05, 4.69) is 0 Å². The molecule has 2 amide bonds. The van der Waals surface area contributed by atoms with Gasteiger partial charge in [0.15, 0.2) is 11.5 Å². The summed E-state index contributed by atoms with van der Waals surface area (Å²) >= 11 is 5.98. The molecule has 0 saturated carbocycles. The molecule has 0 radical (unpaired) electrons. The lowest BCUT2D eigenvalue weighted by molar-refractivity contribution is -0.127. The Bertz CT molecular complexity index is 972. The standard InChI is InChI=1S/C22H22ClFN2O4/c1-29-19-7-3-15(13-20(19)30-2)4-8-21(27)25-9-11-26(12-10-25)22(28)17-6-5-16(24)14-18(17)23/h3-8,13-14H,9-12H2,1-2H3/b8-4+. The van der Waals surface area contributed by atoms with Crippen molar-refractivity contribution in [1.29, 1.82) is 0 Å². The second-order valence-corrected chi connectivity index (χ2v) is 7.10. The monoisotopic (exact) mass is 432 g/mol. The van der Waals surface area contributed by atoms with Gasteiger partial charge in [0.25, 0.3) is 5.91 Å². The third-order valence-electron chi connectivity index (χ3n) is 4.87. The first-order valence-corrected chi connectivity index (χ1v) is 9.74. The molecule has 1 heterocycles. The molecular weight excluding hydrogens is 411 g/mol. The minimum atomic E-state index is -0.492. The van der Waals surface area contributed by atoms with Crippen molar-refractivity contribution in [1.82, 2.24) is 9.80 Å². The highest BCUT2D eigenvalue weighted by atomic mass is 35.5. The maximum Gasteiger partial charge on any atom is 0.255 e. The van der Waals surface area contributed by atoms with Crippen LogP contribution in [0.1, 0.15) is 15.9 Å². The van der Waals surface area contributed by atoms with Crippen molar-refractivity contribution in [2.24, 2.45) is 0 Å². The number of amides is 2. The number of benzene rings is 2. The molecule has 1 fully saturated rings. The molecule has 0 aromatic heterocycles. The molecule has 2 aromatic rings. The van der Waals surface area contributed by atoms with Crippen LogP contribution in [0, 0.1) is 5.82 Å². The highest BCUT2D eigenvalue weighted by molar-refractivity contribution is 6.33. The van der Waals surface area contributed by atoms with Crippen molar-refractivity contribution < 1.29 is 23.5 Å². The third kappa shape index (κ3) is 4.91. The summed E-state index contributed by atoms with van der Waals surface area (Å²) in [6, 6.07) is 9.09. The zero-order chi connectivity index (χ0) is 21.7. The van der Waals surface area contributed by atoms with Crippen molar-refractivity contribution in [2.45, 2.75) is 0 Å². The molecular formula is C22H22ClFN2O4. The summed E-state index contributed by atoms with van der Waals surface area (Å²) in [4.78, 5) is 28.4. The molecule has 3 rings (SSSR count). The van der Waals surface area contributed by atoms with E-state index >= 15 is 0 Å². The van der Waals surface area contributed by atoms with Gasteiger partial charge in [-0.25, -0.2) is 4.39 Å². The summed E-state index contributed by atoms with van der Waals surface area (Å²) in [7, 11) is 3.11. The van der Waals surface area contributed by atoms with E-state index < -0.39 is 5.82 Å². The molecule has 30 heavy (non-hydrogen) atoms. The average molecular weight is 433 g/mol. The number of ether oxygens (including phenoxy) is 2. The first-order chi connectivity index (χ1) is 14.4. The fourth-order valence-electron chi connectivity index (χ4n) is 3.19. The number of methoxy groups -OCH3 is 2. The largest absolute Gasteiger partial charge is 0.493 e. The van der Waals surface area contributed by atoms with Crippen LogP contribution in [-0.2, 0) is 4.79 Å². The van der Waals surface area contributed by atoms with Gasteiger partial charge in [0, 0.05) is 32.3 Å². The third-order valence-corrected chi connectivity index (χ3v) is 5.18. The predicted molar refractivity (Wildman–Crippen MR) is 112 cm³/mol. The molecule has 1 saturated heterocycles. The van der Waals surface area contributed by atoms with Crippen molar-refractivity contribution in [3.8, 4) is 11.5 Å². The van der Waals surface area contributed by atoms with Gasteiger partial charge in [-0.15, -0.1) is 0 Å². The SMILES string of the molecule is COc1ccc(/C=C/C(=O)N2CCN(C(=O)c3ccc(F)cc3Cl)CC2)cc1OC. The van der Waals surface area contributed by atoms with E-state index in [9.17, 15) is 14.0 Å². The van der Waals surface area contributed by atoms with Crippen LogP contribution in [0.15, 0.2) is 42.5 Å². The van der Waals surface area contributed by atoms with Crippen LogP contribution in [0.3, 0.4) is 0 Å². The van der Waals surface area contributed by atoms with Gasteiger partial charge >= 0.3 is 0 Å². The number of carbonyl (C=O) groups is 2. The Morgan fingerprint density at radius 3 is 2.27 bits per heavy atom. The van der Waals surface area contributed by atoms with E-state index in [0.717, 1.165) is 11.6 Å². The van der Waals surface area contributed by atoms with Crippen molar-refractivity contribution in [3.05, 3.63) is 64.4 Å². The Morgan fingerprint density at radius 1 is 0.967 bits per heavy atom. The number of rotatable bonds is 5. The first-order valence-electron chi connectivity index (χ1n) is 9.36. The highest BCUT2D eigenvalue weighted by Gasteiger charge is 2.25. The zero-order valence-electron chi connectivity index (χ0n) is 16.7. The lowest BCUT2D eigenvalue weighted by atomic mass is 10.1. The van der Waals surface area contributed by atoms with Gasteiger partial charge in [-0.2, -0.15) is 0 Å². The minimum Gasteiger partial charge on any atom is -0.493 e. The molecule has 0 spiro atoms. The van der Waals surface area contributed by atoms with Crippen LogP contribution in [0.2, 0.25) is 5.02 Å². The lowest BCUT2D eigenvalue weighted by Crippen LogP contribution is -2.50. The predicted octanol–water partition coefficient (Wildman–Crippen LogP) is 3.49. The van der Waals surface area contributed by atoms with Crippen LogP contribution >= 0.6 is 11.6 Å². The number of piperazine rings is 1. The molecule has 0 bridgehead atoms.